The van der Waals surface area contributed by atoms with Crippen molar-refractivity contribution in [1.29, 1.82) is 0 Å². The Morgan fingerprint density at radius 2 is 1.86 bits per heavy atom. The van der Waals surface area contributed by atoms with Gasteiger partial charge >= 0.3 is 0 Å². The molecular weight excluding hydrogens is 495 g/mol. The molecule has 5 nitrogen and oxygen atoms in total. The van der Waals surface area contributed by atoms with Crippen LogP contribution in [0.1, 0.15) is 42.2 Å². The number of carbonyl (C=O) groups is 1. The molecule has 0 saturated carbocycles. The van der Waals surface area contributed by atoms with Crippen LogP contribution in [-0.2, 0) is 17.8 Å². The van der Waals surface area contributed by atoms with E-state index in [9.17, 15) is 4.79 Å². The second-order valence-corrected chi connectivity index (χ2v) is 8.34. The van der Waals surface area contributed by atoms with E-state index in [0.29, 0.717) is 18.4 Å². The molecule has 0 saturated heterocycles. The third kappa shape index (κ3) is 9.62. The van der Waals surface area contributed by atoms with Gasteiger partial charge in [0.15, 0.2) is 5.96 Å². The zero-order valence-electron chi connectivity index (χ0n) is 17.8. The number of benzene rings is 1. The Morgan fingerprint density at radius 3 is 2.45 bits per heavy atom. The monoisotopic (exact) mass is 528 g/mol. The number of guanidine groups is 1. The van der Waals surface area contributed by atoms with Gasteiger partial charge in [0.25, 0.3) is 0 Å². The molecule has 2 rings (SSSR count). The maximum Gasteiger partial charge on any atom is 0.243 e. The van der Waals surface area contributed by atoms with E-state index in [4.69, 9.17) is 0 Å². The molecule has 7 heteroatoms. The minimum absolute atomic E-state index is 0. The number of likely N-dealkylation sites (N-methyl/N-ethyl adjacent to an activating group) is 1. The van der Waals surface area contributed by atoms with Crippen LogP contribution < -0.4 is 10.6 Å². The van der Waals surface area contributed by atoms with Crippen molar-refractivity contribution in [3.05, 3.63) is 57.8 Å². The quantitative estimate of drug-likeness (QED) is 0.222. The first kappa shape index (κ1) is 25.4. The zero-order valence-corrected chi connectivity index (χ0v) is 20.9. The van der Waals surface area contributed by atoms with Gasteiger partial charge in [-0.1, -0.05) is 44.2 Å². The maximum atomic E-state index is 11.8. The van der Waals surface area contributed by atoms with Crippen LogP contribution in [0, 0.1) is 0 Å². The van der Waals surface area contributed by atoms with Crippen molar-refractivity contribution in [3.63, 3.8) is 0 Å². The molecule has 0 atom stereocenters. The molecule has 2 aromatic rings. The molecule has 0 bridgehead atoms. The molecule has 0 aliphatic carbocycles. The van der Waals surface area contributed by atoms with Crippen molar-refractivity contribution >= 4 is 47.2 Å². The number of aliphatic imine (C=N–C) groups is 1. The third-order valence-electron chi connectivity index (χ3n) is 4.46. The molecule has 0 aliphatic heterocycles. The molecule has 0 fully saturated rings. The molecule has 160 valence electrons. The largest absolute Gasteiger partial charge is 0.356 e. The van der Waals surface area contributed by atoms with E-state index < -0.39 is 0 Å². The lowest BCUT2D eigenvalue weighted by Crippen LogP contribution is -2.38. The standard InChI is InChI=1S/C22H32N4OS.HI/c1-17(2)19-11-9-18(10-12-19)7-5-13-23-22(25-16-21(27)26(3)4)24-15-20-8-6-14-28-20;/h6,8-12,14,17H,5,7,13,15-16H2,1-4H3,(H2,23,24,25);1H. The fraction of sp³-hybridized carbons (Fsp3) is 0.455. The average Bonchev–Trinajstić information content (AvgIpc) is 3.20. The fourth-order valence-corrected chi connectivity index (χ4v) is 3.26. The smallest absolute Gasteiger partial charge is 0.243 e. The summed E-state index contributed by atoms with van der Waals surface area (Å²) in [6, 6.07) is 13.0. The van der Waals surface area contributed by atoms with Gasteiger partial charge in [-0.3, -0.25) is 4.79 Å². The molecule has 1 heterocycles. The minimum atomic E-state index is -0.0116. The molecule has 1 amide bonds. The number of hydrogen-bond acceptors (Lipinski definition) is 3. The highest BCUT2D eigenvalue weighted by Crippen LogP contribution is 2.15. The molecule has 0 spiro atoms. The lowest BCUT2D eigenvalue weighted by atomic mass is 10.0. The zero-order chi connectivity index (χ0) is 20.4. The van der Waals surface area contributed by atoms with Gasteiger partial charge in [0.05, 0.1) is 6.54 Å². The van der Waals surface area contributed by atoms with Crippen LogP contribution >= 0.6 is 35.3 Å². The Balaban J connectivity index is 0.00000420. The van der Waals surface area contributed by atoms with Crippen LogP contribution in [0.25, 0.3) is 0 Å². The second-order valence-electron chi connectivity index (χ2n) is 7.31. The summed E-state index contributed by atoms with van der Waals surface area (Å²) in [5, 5.41) is 8.72. The summed E-state index contributed by atoms with van der Waals surface area (Å²) >= 11 is 1.70. The SMILES string of the molecule is CC(C)c1ccc(CCCNC(=NCC(=O)N(C)C)NCc2cccs2)cc1.I. The van der Waals surface area contributed by atoms with Gasteiger partial charge < -0.3 is 15.5 Å². The Labute approximate surface area is 196 Å². The van der Waals surface area contributed by atoms with Crippen molar-refractivity contribution in [2.45, 2.75) is 39.2 Å². The molecule has 1 aromatic carbocycles. The summed E-state index contributed by atoms with van der Waals surface area (Å²) in [7, 11) is 3.49. The van der Waals surface area contributed by atoms with Gasteiger partial charge in [0, 0.05) is 25.5 Å². The average molecular weight is 529 g/mol. The Kier molecular flexibility index (Phi) is 11.9. The third-order valence-corrected chi connectivity index (χ3v) is 5.34. The number of nitrogens with one attached hydrogen (secondary N) is 2. The van der Waals surface area contributed by atoms with Gasteiger partial charge in [-0.25, -0.2) is 4.99 Å². The van der Waals surface area contributed by atoms with E-state index in [0.717, 1.165) is 19.4 Å². The van der Waals surface area contributed by atoms with Crippen molar-refractivity contribution < 1.29 is 4.79 Å². The first-order chi connectivity index (χ1) is 13.5. The summed E-state index contributed by atoms with van der Waals surface area (Å²) in [6.07, 6.45) is 2.02. The van der Waals surface area contributed by atoms with Gasteiger partial charge in [-0.05, 0) is 41.3 Å². The van der Waals surface area contributed by atoms with Gasteiger partial charge in [-0.15, -0.1) is 35.3 Å². The van der Waals surface area contributed by atoms with Crippen LogP contribution in [0.4, 0.5) is 0 Å². The van der Waals surface area contributed by atoms with Gasteiger partial charge in [0.2, 0.25) is 5.91 Å². The number of halogens is 1. The van der Waals surface area contributed by atoms with Crippen LogP contribution in [0.3, 0.4) is 0 Å². The fourth-order valence-electron chi connectivity index (χ4n) is 2.61. The summed E-state index contributed by atoms with van der Waals surface area (Å²) in [4.78, 5) is 19.1. The predicted molar refractivity (Wildman–Crippen MR) is 134 cm³/mol. The second kappa shape index (κ2) is 13.6. The highest BCUT2D eigenvalue weighted by Gasteiger charge is 2.05. The number of carbonyl (C=O) groups excluding carboxylic acids is 1. The number of amides is 1. The van der Waals surface area contributed by atoms with Crippen LogP contribution in [-0.4, -0.2) is 44.0 Å². The summed E-state index contributed by atoms with van der Waals surface area (Å²) in [5.41, 5.74) is 2.72. The highest BCUT2D eigenvalue weighted by atomic mass is 127. The Bertz CT molecular complexity index is 743. The van der Waals surface area contributed by atoms with Crippen molar-refractivity contribution in [2.24, 2.45) is 4.99 Å². The van der Waals surface area contributed by atoms with E-state index in [1.807, 2.05) is 6.07 Å². The highest BCUT2D eigenvalue weighted by molar-refractivity contribution is 14.0. The molecule has 2 N–H and O–H groups in total. The molecular formula is C22H33IN4OS. The number of rotatable bonds is 9. The van der Waals surface area contributed by atoms with E-state index in [1.165, 1.54) is 16.0 Å². The van der Waals surface area contributed by atoms with Crippen LogP contribution in [0.15, 0.2) is 46.8 Å². The molecule has 1 aromatic heterocycles. The molecule has 0 unspecified atom stereocenters. The van der Waals surface area contributed by atoms with Crippen molar-refractivity contribution in [2.75, 3.05) is 27.2 Å². The molecule has 0 aliphatic rings. The molecule has 0 radical (unpaired) electrons. The normalized spacial score (nSPS) is 11.1. The topological polar surface area (TPSA) is 56.7 Å². The predicted octanol–water partition coefficient (Wildman–Crippen LogP) is 4.25. The summed E-state index contributed by atoms with van der Waals surface area (Å²) in [5.74, 6) is 1.23. The molecule has 29 heavy (non-hydrogen) atoms. The van der Waals surface area contributed by atoms with Gasteiger partial charge in [0.1, 0.15) is 6.54 Å². The lowest BCUT2D eigenvalue weighted by molar-refractivity contribution is -0.127. The first-order valence-corrected chi connectivity index (χ1v) is 10.7. The number of aryl methyl sites for hydroxylation is 1. The minimum Gasteiger partial charge on any atom is -0.356 e. The van der Waals surface area contributed by atoms with Gasteiger partial charge in [-0.2, -0.15) is 0 Å². The summed E-state index contributed by atoms with van der Waals surface area (Å²) in [6.45, 7) is 6.08. The van der Waals surface area contributed by atoms with Crippen LogP contribution in [0.2, 0.25) is 0 Å². The number of hydrogen-bond donors (Lipinski definition) is 2. The van der Waals surface area contributed by atoms with E-state index >= 15 is 0 Å². The number of thiophene rings is 1. The summed E-state index contributed by atoms with van der Waals surface area (Å²) < 4.78 is 0. The van der Waals surface area contributed by atoms with Crippen molar-refractivity contribution in [1.82, 2.24) is 15.5 Å². The van der Waals surface area contributed by atoms with Crippen LogP contribution in [0.5, 0.6) is 0 Å². The number of nitrogens with zero attached hydrogens (tertiary/aromatic N) is 2. The lowest BCUT2D eigenvalue weighted by Gasteiger charge is -2.13. The first-order valence-electron chi connectivity index (χ1n) is 9.79. The van der Waals surface area contributed by atoms with E-state index in [2.05, 4.69) is 65.2 Å². The van der Waals surface area contributed by atoms with E-state index in [1.54, 1.807) is 30.3 Å². The van der Waals surface area contributed by atoms with Crippen molar-refractivity contribution in [3.8, 4) is 0 Å². The maximum absolute atomic E-state index is 11.8. The Hall–Kier alpha value is -1.61. The van der Waals surface area contributed by atoms with E-state index in [-0.39, 0.29) is 36.4 Å². The Morgan fingerprint density at radius 1 is 1.14 bits per heavy atom.